The lowest BCUT2D eigenvalue weighted by atomic mass is 9.98. The second-order valence-corrected chi connectivity index (χ2v) is 8.52. The number of nitrogens with zero attached hydrogens (tertiary/aromatic N) is 1. The Morgan fingerprint density at radius 1 is 1.17 bits per heavy atom. The number of hydrogen-bond donors (Lipinski definition) is 4. The van der Waals surface area contributed by atoms with Crippen molar-refractivity contribution in [3.8, 4) is 11.8 Å². The van der Waals surface area contributed by atoms with Gasteiger partial charge in [0.25, 0.3) is 5.91 Å². The number of H-pyrrole nitrogens is 1. The first-order valence-electron chi connectivity index (χ1n) is 11.5. The summed E-state index contributed by atoms with van der Waals surface area (Å²) in [6.45, 7) is 0.567. The zero-order valence-corrected chi connectivity index (χ0v) is 19.3. The lowest BCUT2D eigenvalue weighted by Gasteiger charge is -2.21. The molecule has 0 radical (unpaired) electrons. The first-order valence-corrected chi connectivity index (χ1v) is 11.5. The number of rotatable bonds is 9. The van der Waals surface area contributed by atoms with E-state index in [4.69, 9.17) is 4.74 Å². The van der Waals surface area contributed by atoms with E-state index in [-0.39, 0.29) is 30.4 Å². The van der Waals surface area contributed by atoms with Gasteiger partial charge in [-0.25, -0.2) is 0 Å². The van der Waals surface area contributed by atoms with E-state index in [0.717, 1.165) is 16.5 Å². The summed E-state index contributed by atoms with van der Waals surface area (Å²) in [5, 5.41) is 18.6. The minimum atomic E-state index is -0.925. The average Bonchev–Trinajstić information content (AvgIpc) is 3.49. The van der Waals surface area contributed by atoms with Crippen molar-refractivity contribution in [1.29, 1.82) is 5.26 Å². The SMILES string of the molecule is COc1cccc2[nH]c(C(=O)N[C@@H](Cc3ccccc3)C(=O)N[C@H](C#N)C[C@@H]3CCNC3=O)cc12. The average molecular weight is 474 g/mol. The van der Waals surface area contributed by atoms with Gasteiger partial charge in [-0.05, 0) is 36.6 Å². The molecule has 1 aliphatic rings. The molecule has 0 spiro atoms. The van der Waals surface area contributed by atoms with E-state index in [2.05, 4.69) is 27.0 Å². The summed E-state index contributed by atoms with van der Waals surface area (Å²) in [5.74, 6) is -0.737. The van der Waals surface area contributed by atoms with Crippen LogP contribution in [0, 0.1) is 17.2 Å². The summed E-state index contributed by atoms with van der Waals surface area (Å²) < 4.78 is 5.36. The number of fused-ring (bicyclic) bond motifs is 1. The van der Waals surface area contributed by atoms with Gasteiger partial charge in [0.2, 0.25) is 11.8 Å². The van der Waals surface area contributed by atoms with Gasteiger partial charge >= 0.3 is 0 Å². The highest BCUT2D eigenvalue weighted by Gasteiger charge is 2.30. The van der Waals surface area contributed by atoms with Gasteiger partial charge in [-0.2, -0.15) is 5.26 Å². The second kappa shape index (κ2) is 10.7. The molecule has 3 atom stereocenters. The molecule has 2 aromatic carbocycles. The number of hydrogen-bond acceptors (Lipinski definition) is 5. The maximum atomic E-state index is 13.2. The van der Waals surface area contributed by atoms with E-state index in [0.29, 0.717) is 18.7 Å². The molecule has 3 amide bonds. The highest BCUT2D eigenvalue weighted by molar-refractivity contribution is 6.01. The van der Waals surface area contributed by atoms with E-state index in [1.165, 1.54) is 0 Å². The fraction of sp³-hybridized carbons (Fsp3) is 0.308. The number of nitrogens with one attached hydrogen (secondary N) is 4. The Hall–Kier alpha value is -4.32. The van der Waals surface area contributed by atoms with Crippen molar-refractivity contribution >= 4 is 28.6 Å². The van der Waals surface area contributed by atoms with Crippen LogP contribution >= 0.6 is 0 Å². The van der Waals surface area contributed by atoms with Gasteiger partial charge in [-0.3, -0.25) is 14.4 Å². The molecule has 3 aromatic rings. The molecule has 0 unspecified atom stereocenters. The number of aromatic amines is 1. The van der Waals surface area contributed by atoms with Gasteiger partial charge in [0.1, 0.15) is 23.5 Å². The summed E-state index contributed by atoms with van der Waals surface area (Å²) in [6, 6.07) is 16.7. The standard InChI is InChI=1S/C26H27N5O4/c1-35-23-9-5-8-20-19(23)14-22(30-20)26(34)31-21(12-16-6-3-2-4-7-16)25(33)29-18(15-27)13-17-10-11-28-24(17)32/h2-9,14,17-18,21,30H,10-13H2,1H3,(H,28,32)(H,29,33)(H,31,34)/t17-,18-,21-/m0/s1. The van der Waals surface area contributed by atoms with E-state index >= 15 is 0 Å². The Kier molecular flexibility index (Phi) is 7.31. The first-order chi connectivity index (χ1) is 17.0. The number of benzene rings is 2. The molecule has 1 fully saturated rings. The molecule has 9 heteroatoms. The molecular weight excluding hydrogens is 446 g/mol. The Morgan fingerprint density at radius 2 is 1.97 bits per heavy atom. The molecule has 4 N–H and O–H groups in total. The number of amides is 3. The summed E-state index contributed by atoms with van der Waals surface area (Å²) in [5.41, 5.74) is 1.88. The summed E-state index contributed by atoms with van der Waals surface area (Å²) >= 11 is 0. The van der Waals surface area contributed by atoms with Gasteiger partial charge in [-0.15, -0.1) is 0 Å². The fourth-order valence-electron chi connectivity index (χ4n) is 4.29. The second-order valence-electron chi connectivity index (χ2n) is 8.52. The smallest absolute Gasteiger partial charge is 0.268 e. The summed E-state index contributed by atoms with van der Waals surface area (Å²) in [4.78, 5) is 41.3. The minimum Gasteiger partial charge on any atom is -0.496 e. The predicted octanol–water partition coefficient (Wildman–Crippen LogP) is 2.05. The number of methoxy groups -OCH3 is 1. The Morgan fingerprint density at radius 3 is 2.66 bits per heavy atom. The number of aromatic nitrogens is 1. The molecule has 0 aliphatic carbocycles. The molecule has 4 rings (SSSR count). The molecule has 1 aliphatic heterocycles. The monoisotopic (exact) mass is 473 g/mol. The molecule has 180 valence electrons. The van der Waals surface area contributed by atoms with Crippen molar-refractivity contribution in [2.24, 2.45) is 5.92 Å². The summed E-state index contributed by atoms with van der Waals surface area (Å²) in [6.07, 6.45) is 1.09. The number of ether oxygens (including phenoxy) is 1. The van der Waals surface area contributed by atoms with E-state index in [1.54, 1.807) is 19.2 Å². The van der Waals surface area contributed by atoms with E-state index in [9.17, 15) is 19.6 Å². The molecule has 9 nitrogen and oxygen atoms in total. The Balaban J connectivity index is 1.52. The third-order valence-corrected chi connectivity index (χ3v) is 6.15. The first kappa shape index (κ1) is 23.8. The van der Waals surface area contributed by atoms with Gasteiger partial charge in [0.05, 0.1) is 13.2 Å². The van der Waals surface area contributed by atoms with Gasteiger partial charge in [0, 0.05) is 29.8 Å². The van der Waals surface area contributed by atoms with Gasteiger partial charge < -0.3 is 25.7 Å². The van der Waals surface area contributed by atoms with Crippen LogP contribution in [0.15, 0.2) is 54.6 Å². The van der Waals surface area contributed by atoms with Crippen molar-refractivity contribution in [3.05, 3.63) is 65.9 Å². The van der Waals surface area contributed by atoms with Gasteiger partial charge in [-0.1, -0.05) is 36.4 Å². The van der Waals surface area contributed by atoms with Crippen LogP contribution in [0.5, 0.6) is 5.75 Å². The molecule has 1 saturated heterocycles. The Bertz CT molecular complexity index is 1260. The number of carbonyl (C=O) groups is 3. The van der Waals surface area contributed by atoms with Crippen LogP contribution in [0.25, 0.3) is 10.9 Å². The zero-order chi connectivity index (χ0) is 24.8. The Labute approximate surface area is 202 Å². The fourth-order valence-corrected chi connectivity index (χ4v) is 4.29. The molecule has 35 heavy (non-hydrogen) atoms. The van der Waals surface area contributed by atoms with Gasteiger partial charge in [0.15, 0.2) is 0 Å². The quantitative estimate of drug-likeness (QED) is 0.377. The van der Waals surface area contributed by atoms with Crippen molar-refractivity contribution in [3.63, 3.8) is 0 Å². The third-order valence-electron chi connectivity index (χ3n) is 6.15. The van der Waals surface area contributed by atoms with Crippen LogP contribution < -0.4 is 20.7 Å². The van der Waals surface area contributed by atoms with Crippen LogP contribution in [0.2, 0.25) is 0 Å². The van der Waals surface area contributed by atoms with Crippen LogP contribution in [-0.2, 0) is 16.0 Å². The minimum absolute atomic E-state index is 0.108. The van der Waals surface area contributed by atoms with Crippen LogP contribution in [-0.4, -0.2) is 48.4 Å². The molecule has 2 heterocycles. The van der Waals surface area contributed by atoms with E-state index < -0.39 is 23.9 Å². The largest absolute Gasteiger partial charge is 0.496 e. The number of carbonyl (C=O) groups excluding carboxylic acids is 3. The van der Waals surface area contributed by atoms with Crippen molar-refractivity contribution in [2.45, 2.75) is 31.3 Å². The van der Waals surface area contributed by atoms with Crippen LogP contribution in [0.3, 0.4) is 0 Å². The highest BCUT2D eigenvalue weighted by Crippen LogP contribution is 2.26. The predicted molar refractivity (Wildman–Crippen MR) is 130 cm³/mol. The van der Waals surface area contributed by atoms with E-state index in [1.807, 2.05) is 42.5 Å². The molecular formula is C26H27N5O4. The maximum Gasteiger partial charge on any atom is 0.268 e. The van der Waals surface area contributed by atoms with Crippen LogP contribution in [0.1, 0.15) is 28.9 Å². The molecule has 1 aromatic heterocycles. The van der Waals surface area contributed by atoms with Crippen LogP contribution in [0.4, 0.5) is 0 Å². The number of nitriles is 1. The third kappa shape index (κ3) is 5.61. The maximum absolute atomic E-state index is 13.2. The highest BCUT2D eigenvalue weighted by atomic mass is 16.5. The van der Waals surface area contributed by atoms with Crippen molar-refractivity contribution in [1.82, 2.24) is 20.9 Å². The topological polar surface area (TPSA) is 136 Å². The normalized spacial score (nSPS) is 16.7. The van der Waals surface area contributed by atoms with Crippen molar-refractivity contribution in [2.75, 3.05) is 13.7 Å². The van der Waals surface area contributed by atoms with Crippen molar-refractivity contribution < 1.29 is 19.1 Å². The molecule has 0 bridgehead atoms. The molecule has 0 saturated carbocycles. The zero-order valence-electron chi connectivity index (χ0n) is 19.3. The lowest BCUT2D eigenvalue weighted by Crippen LogP contribution is -2.51. The summed E-state index contributed by atoms with van der Waals surface area (Å²) in [7, 11) is 1.56. The lowest BCUT2D eigenvalue weighted by molar-refractivity contribution is -0.125.